The largest absolute Gasteiger partial charge is 0.447 e. The van der Waals surface area contributed by atoms with Crippen LogP contribution in [0, 0.1) is 0 Å². The average Bonchev–Trinajstić information content (AvgIpc) is 2.24. The Morgan fingerprint density at radius 3 is 2.73 bits per heavy atom. The monoisotopic (exact) mass is 213 g/mol. The van der Waals surface area contributed by atoms with Crippen molar-refractivity contribution in [3.63, 3.8) is 0 Å². The number of amides is 1. The van der Waals surface area contributed by atoms with Crippen LogP contribution in [0.5, 0.6) is 0 Å². The first-order valence-electron chi connectivity index (χ1n) is 4.24. The number of hydrogen-bond donors (Lipinski definition) is 0. The molecule has 15 heavy (non-hydrogen) atoms. The Morgan fingerprint density at radius 1 is 1.20 bits per heavy atom. The van der Waals surface area contributed by atoms with Gasteiger partial charge in [-0.25, -0.2) is 4.79 Å². The second-order valence-electron chi connectivity index (χ2n) is 2.90. The van der Waals surface area contributed by atoms with Crippen molar-refractivity contribution in [1.29, 1.82) is 0 Å². The van der Waals surface area contributed by atoms with Crippen LogP contribution in [0.4, 0.5) is 0 Å². The number of hydrogen-bond acceptors (Lipinski definition) is 6. The Bertz CT molecular complexity index is 349. The van der Waals surface area contributed by atoms with Crippen LogP contribution in [0.2, 0.25) is 0 Å². The quantitative estimate of drug-likeness (QED) is 0.501. The highest BCUT2D eigenvalue weighted by Gasteiger charge is 2.35. The van der Waals surface area contributed by atoms with Crippen molar-refractivity contribution in [2.24, 2.45) is 0 Å². The summed E-state index contributed by atoms with van der Waals surface area (Å²) < 4.78 is 4.77. The second kappa shape index (κ2) is 3.60. The first kappa shape index (κ1) is 9.50. The average molecular weight is 213 g/mol. The van der Waals surface area contributed by atoms with Crippen LogP contribution in [0.25, 0.3) is 0 Å². The molecule has 0 aromatic heterocycles. The van der Waals surface area contributed by atoms with Crippen molar-refractivity contribution in [1.82, 2.24) is 5.23 Å². The molecule has 0 N–H and O–H groups in total. The molecule has 0 aromatic carbocycles. The number of carbonyl (C=O) groups is 3. The van der Waals surface area contributed by atoms with Gasteiger partial charge in [0.05, 0.1) is 12.8 Å². The first-order chi connectivity index (χ1) is 7.16. The minimum atomic E-state index is -1.09. The maximum atomic E-state index is 11.4. The highest BCUT2D eigenvalue weighted by Crippen LogP contribution is 2.14. The van der Waals surface area contributed by atoms with E-state index in [9.17, 15) is 14.4 Å². The van der Waals surface area contributed by atoms with Crippen LogP contribution in [-0.4, -0.2) is 29.2 Å². The number of rotatable bonds is 0. The summed E-state index contributed by atoms with van der Waals surface area (Å²) in [5, 5.41) is 0.408. The second-order valence-corrected chi connectivity index (χ2v) is 2.90. The molecule has 0 saturated carbocycles. The maximum Gasteiger partial charge on any atom is 0.341 e. The van der Waals surface area contributed by atoms with Gasteiger partial charge in [-0.15, -0.1) is 0 Å². The number of ether oxygens (including phenoxy) is 1. The lowest BCUT2D eigenvalue weighted by Crippen LogP contribution is -2.42. The third-order valence-corrected chi connectivity index (χ3v) is 1.81. The van der Waals surface area contributed by atoms with Gasteiger partial charge in [0.2, 0.25) is 6.10 Å². The summed E-state index contributed by atoms with van der Waals surface area (Å²) in [5.41, 5.74) is 0. The van der Waals surface area contributed by atoms with Gasteiger partial charge < -0.3 is 14.4 Å². The Labute approximate surface area is 84.1 Å². The molecule has 2 bridgehead atoms. The topological polar surface area (TPSA) is 82.1 Å². The van der Waals surface area contributed by atoms with E-state index in [-0.39, 0.29) is 12.8 Å². The van der Waals surface area contributed by atoms with Gasteiger partial charge in [-0.2, -0.15) is 0 Å². The molecule has 2 heterocycles. The molecule has 2 aliphatic rings. The third-order valence-electron chi connectivity index (χ3n) is 1.81. The van der Waals surface area contributed by atoms with E-state index < -0.39 is 23.9 Å². The third kappa shape index (κ3) is 1.90. The maximum absolute atomic E-state index is 11.4. The highest BCUT2D eigenvalue weighted by molar-refractivity contribution is 5.87. The molecule has 1 amide bonds. The van der Waals surface area contributed by atoms with Crippen molar-refractivity contribution in [3.05, 3.63) is 12.3 Å². The summed E-state index contributed by atoms with van der Waals surface area (Å²) >= 11 is 0. The molecule has 1 atom stereocenters. The molecule has 0 aromatic rings. The Morgan fingerprint density at radius 2 is 1.93 bits per heavy atom. The zero-order valence-electron chi connectivity index (χ0n) is 7.54. The van der Waals surface area contributed by atoms with E-state index in [0.717, 1.165) is 6.26 Å². The SMILES string of the molecule is O=C1CCC(=O)ON2OC=CC(O1)C2=O. The molecule has 7 nitrogen and oxygen atoms in total. The molecule has 7 heteroatoms. The van der Waals surface area contributed by atoms with Crippen molar-refractivity contribution >= 4 is 17.8 Å². The van der Waals surface area contributed by atoms with Crippen molar-refractivity contribution in [3.8, 4) is 0 Å². The van der Waals surface area contributed by atoms with Gasteiger partial charge in [-0.1, -0.05) is 0 Å². The predicted octanol–water partition coefficient (Wildman–Crippen LogP) is -0.562. The predicted molar refractivity (Wildman–Crippen MR) is 42.3 cm³/mol. The van der Waals surface area contributed by atoms with E-state index in [1.807, 2.05) is 0 Å². The van der Waals surface area contributed by atoms with Crippen molar-refractivity contribution in [2.75, 3.05) is 0 Å². The van der Waals surface area contributed by atoms with Gasteiger partial charge in [0.25, 0.3) is 0 Å². The fraction of sp³-hybridized carbons (Fsp3) is 0.375. The van der Waals surface area contributed by atoms with E-state index >= 15 is 0 Å². The van der Waals surface area contributed by atoms with Crippen LogP contribution in [0.3, 0.4) is 0 Å². The molecule has 1 unspecified atom stereocenters. The molecule has 2 aliphatic heterocycles. The summed E-state index contributed by atoms with van der Waals surface area (Å²) in [7, 11) is 0. The van der Waals surface area contributed by atoms with E-state index in [4.69, 9.17) is 4.74 Å². The standard InChI is InChI=1S/C8H7NO6/c10-6-1-2-7(11)15-9-8(12)5(14-6)3-4-13-9/h3-5H,1-2H2. The van der Waals surface area contributed by atoms with E-state index in [2.05, 4.69) is 9.68 Å². The molecule has 2 rings (SSSR count). The van der Waals surface area contributed by atoms with Gasteiger partial charge >= 0.3 is 17.8 Å². The van der Waals surface area contributed by atoms with Crippen molar-refractivity contribution < 1.29 is 28.8 Å². The van der Waals surface area contributed by atoms with Crippen molar-refractivity contribution in [2.45, 2.75) is 18.9 Å². The lowest BCUT2D eigenvalue weighted by molar-refractivity contribution is -0.306. The number of esters is 1. The lowest BCUT2D eigenvalue weighted by atomic mass is 10.3. The molecule has 0 radical (unpaired) electrons. The van der Waals surface area contributed by atoms with Gasteiger partial charge in [-0.05, 0) is 0 Å². The first-order valence-corrected chi connectivity index (χ1v) is 4.24. The normalized spacial score (nSPS) is 25.7. The molecule has 1 saturated heterocycles. The van der Waals surface area contributed by atoms with E-state index in [0.29, 0.717) is 5.23 Å². The van der Waals surface area contributed by atoms with Crippen LogP contribution in [0.1, 0.15) is 12.8 Å². The molecule has 1 fully saturated rings. The number of fused-ring (bicyclic) bond motifs is 2. The summed E-state index contributed by atoms with van der Waals surface area (Å²) in [6.45, 7) is 0. The van der Waals surface area contributed by atoms with E-state index in [1.165, 1.54) is 6.08 Å². The van der Waals surface area contributed by atoms with Gasteiger partial charge in [0, 0.05) is 11.3 Å². The number of hydroxylamine groups is 2. The summed E-state index contributed by atoms with van der Waals surface area (Å²) in [5.74, 6) is -2.10. The zero-order valence-corrected chi connectivity index (χ0v) is 7.54. The fourth-order valence-electron chi connectivity index (χ4n) is 1.10. The van der Waals surface area contributed by atoms with Crippen LogP contribution >= 0.6 is 0 Å². The minimum absolute atomic E-state index is 0.121. The molecule has 80 valence electrons. The number of nitrogens with zero attached hydrogens (tertiary/aromatic N) is 1. The Kier molecular flexibility index (Phi) is 2.28. The fourth-order valence-corrected chi connectivity index (χ4v) is 1.10. The Hall–Kier alpha value is -2.05. The highest BCUT2D eigenvalue weighted by atomic mass is 17.0. The minimum Gasteiger partial charge on any atom is -0.447 e. The van der Waals surface area contributed by atoms with Crippen LogP contribution < -0.4 is 0 Å². The summed E-state index contributed by atoms with van der Waals surface area (Å²) in [4.78, 5) is 42.7. The van der Waals surface area contributed by atoms with Gasteiger partial charge in [-0.3, -0.25) is 9.59 Å². The van der Waals surface area contributed by atoms with Gasteiger partial charge in [0.1, 0.15) is 6.26 Å². The van der Waals surface area contributed by atoms with Crippen LogP contribution in [0.15, 0.2) is 12.3 Å². The Balaban J connectivity index is 2.24. The lowest BCUT2D eigenvalue weighted by Gasteiger charge is -2.23. The summed E-state index contributed by atoms with van der Waals surface area (Å²) in [6, 6.07) is 0. The molecular weight excluding hydrogens is 206 g/mol. The summed E-state index contributed by atoms with van der Waals surface area (Å²) in [6.07, 6.45) is 1.01. The smallest absolute Gasteiger partial charge is 0.341 e. The van der Waals surface area contributed by atoms with Crippen LogP contribution in [-0.2, 0) is 28.8 Å². The molecular formula is C8H7NO6. The van der Waals surface area contributed by atoms with E-state index in [1.54, 1.807) is 0 Å². The molecule has 0 aliphatic carbocycles. The molecule has 0 spiro atoms. The zero-order chi connectivity index (χ0) is 10.8. The number of carbonyl (C=O) groups excluding carboxylic acids is 3. The van der Waals surface area contributed by atoms with Gasteiger partial charge in [0.15, 0.2) is 0 Å².